The number of nitrogens with one attached hydrogen (secondary N) is 2. The summed E-state index contributed by atoms with van der Waals surface area (Å²) in [4.78, 5) is 12.4. The molecule has 4 nitrogen and oxygen atoms in total. The number of carbonyl (C=O) groups excluding carboxylic acids is 1. The second-order valence-corrected chi connectivity index (χ2v) is 5.45. The van der Waals surface area contributed by atoms with Gasteiger partial charge in [0.05, 0.1) is 7.11 Å². The summed E-state index contributed by atoms with van der Waals surface area (Å²) >= 11 is 0. The Kier molecular flexibility index (Phi) is 4.10. The zero-order chi connectivity index (χ0) is 13.9. The molecule has 104 valence electrons. The summed E-state index contributed by atoms with van der Waals surface area (Å²) in [5, 5.41) is 6.34. The minimum absolute atomic E-state index is 0.113. The van der Waals surface area contributed by atoms with Gasteiger partial charge in [0.15, 0.2) is 0 Å². The van der Waals surface area contributed by atoms with Gasteiger partial charge >= 0.3 is 0 Å². The summed E-state index contributed by atoms with van der Waals surface area (Å²) in [6, 6.07) is 5.70. The van der Waals surface area contributed by atoms with Gasteiger partial charge in [0.2, 0.25) is 5.91 Å². The van der Waals surface area contributed by atoms with Gasteiger partial charge in [-0.05, 0) is 56.6 Å². The van der Waals surface area contributed by atoms with Crippen LogP contribution in [0.1, 0.15) is 25.3 Å². The quantitative estimate of drug-likeness (QED) is 0.879. The lowest BCUT2D eigenvalue weighted by Crippen LogP contribution is -2.42. The van der Waals surface area contributed by atoms with Crippen molar-refractivity contribution in [2.24, 2.45) is 5.41 Å². The molecule has 1 aromatic carbocycles. The number of carbonyl (C=O) groups is 1. The van der Waals surface area contributed by atoms with Crippen LogP contribution >= 0.6 is 0 Å². The number of hydrogen-bond acceptors (Lipinski definition) is 3. The van der Waals surface area contributed by atoms with Crippen molar-refractivity contribution in [3.8, 4) is 5.75 Å². The van der Waals surface area contributed by atoms with E-state index >= 15 is 0 Å². The van der Waals surface area contributed by atoms with E-state index in [1.807, 2.05) is 32.0 Å². The molecule has 2 rings (SSSR count). The van der Waals surface area contributed by atoms with Crippen molar-refractivity contribution in [2.75, 3.05) is 25.5 Å². The first-order chi connectivity index (χ1) is 9.05. The first-order valence-electron chi connectivity index (χ1n) is 6.72. The number of ether oxygens (including phenoxy) is 1. The van der Waals surface area contributed by atoms with Crippen LogP contribution in [0.3, 0.4) is 0 Å². The Hall–Kier alpha value is -1.55. The Morgan fingerprint density at radius 3 is 2.63 bits per heavy atom. The number of hydrogen-bond donors (Lipinski definition) is 2. The zero-order valence-electron chi connectivity index (χ0n) is 11.9. The van der Waals surface area contributed by atoms with Crippen LogP contribution in [0, 0.1) is 12.3 Å². The molecule has 1 aromatic rings. The van der Waals surface area contributed by atoms with Crippen LogP contribution in [0.15, 0.2) is 18.2 Å². The number of methoxy groups -OCH3 is 1. The summed E-state index contributed by atoms with van der Waals surface area (Å²) in [5.74, 6) is 0.922. The van der Waals surface area contributed by atoms with Gasteiger partial charge in [-0.3, -0.25) is 4.79 Å². The van der Waals surface area contributed by atoms with E-state index in [-0.39, 0.29) is 11.3 Å². The molecule has 0 saturated carbocycles. The first-order valence-corrected chi connectivity index (χ1v) is 6.72. The van der Waals surface area contributed by atoms with Gasteiger partial charge in [0.1, 0.15) is 5.75 Å². The maximum atomic E-state index is 12.4. The third-order valence-corrected chi connectivity index (χ3v) is 3.94. The zero-order valence-corrected chi connectivity index (χ0v) is 11.9. The number of benzene rings is 1. The fraction of sp³-hybridized carbons (Fsp3) is 0.533. The molecule has 1 aliphatic heterocycles. The molecular formula is C15H22N2O2. The van der Waals surface area contributed by atoms with Crippen LogP contribution in [-0.4, -0.2) is 26.1 Å². The summed E-state index contributed by atoms with van der Waals surface area (Å²) in [6.45, 7) is 5.84. The van der Waals surface area contributed by atoms with Crippen LogP contribution in [0.5, 0.6) is 5.75 Å². The minimum atomic E-state index is -0.266. The Balaban J connectivity index is 2.10. The van der Waals surface area contributed by atoms with E-state index in [4.69, 9.17) is 4.74 Å². The highest BCUT2D eigenvalue weighted by Gasteiger charge is 2.34. The van der Waals surface area contributed by atoms with Gasteiger partial charge in [-0.25, -0.2) is 0 Å². The number of piperidine rings is 1. The van der Waals surface area contributed by atoms with Crippen LogP contribution < -0.4 is 15.4 Å². The Morgan fingerprint density at radius 2 is 2.05 bits per heavy atom. The Labute approximate surface area is 114 Å². The lowest BCUT2D eigenvalue weighted by Gasteiger charge is -2.32. The van der Waals surface area contributed by atoms with Crippen LogP contribution in [0.4, 0.5) is 5.69 Å². The molecule has 1 amide bonds. The largest absolute Gasteiger partial charge is 0.497 e. The standard InChI is InChI=1S/C15H22N2O2/c1-11-10-12(19-3)4-5-13(11)17-14(18)15(2)6-8-16-9-7-15/h4-5,10,16H,6-9H2,1-3H3,(H,17,18). The summed E-state index contributed by atoms with van der Waals surface area (Å²) in [7, 11) is 1.64. The van der Waals surface area contributed by atoms with Gasteiger partial charge < -0.3 is 15.4 Å². The van der Waals surface area contributed by atoms with Crippen molar-refractivity contribution in [1.82, 2.24) is 5.32 Å². The van der Waals surface area contributed by atoms with E-state index < -0.39 is 0 Å². The first kappa shape index (κ1) is 13.9. The molecule has 0 unspecified atom stereocenters. The highest BCUT2D eigenvalue weighted by atomic mass is 16.5. The molecule has 1 saturated heterocycles. The van der Waals surface area contributed by atoms with Crippen molar-refractivity contribution in [2.45, 2.75) is 26.7 Å². The van der Waals surface area contributed by atoms with Crippen molar-refractivity contribution in [1.29, 1.82) is 0 Å². The molecule has 4 heteroatoms. The summed E-state index contributed by atoms with van der Waals surface area (Å²) in [6.07, 6.45) is 1.77. The topological polar surface area (TPSA) is 50.4 Å². The SMILES string of the molecule is COc1ccc(NC(=O)C2(C)CCNCC2)c(C)c1. The molecular weight excluding hydrogens is 240 g/mol. The lowest BCUT2D eigenvalue weighted by molar-refractivity contribution is -0.126. The van der Waals surface area contributed by atoms with Gasteiger partial charge in [-0.15, -0.1) is 0 Å². The second-order valence-electron chi connectivity index (χ2n) is 5.45. The number of rotatable bonds is 3. The van der Waals surface area contributed by atoms with Gasteiger partial charge in [-0.2, -0.15) is 0 Å². The van der Waals surface area contributed by atoms with Gasteiger partial charge in [-0.1, -0.05) is 6.92 Å². The predicted octanol–water partition coefficient (Wildman–Crippen LogP) is 2.33. The average Bonchev–Trinajstić information content (AvgIpc) is 2.41. The van der Waals surface area contributed by atoms with E-state index in [9.17, 15) is 4.79 Å². The van der Waals surface area contributed by atoms with Crippen LogP contribution in [0.25, 0.3) is 0 Å². The van der Waals surface area contributed by atoms with Gasteiger partial charge in [0.25, 0.3) is 0 Å². The predicted molar refractivity (Wildman–Crippen MR) is 76.6 cm³/mol. The molecule has 0 aliphatic carbocycles. The normalized spacial score (nSPS) is 17.8. The lowest BCUT2D eigenvalue weighted by atomic mass is 9.80. The fourth-order valence-corrected chi connectivity index (χ4v) is 2.38. The number of anilines is 1. The summed E-state index contributed by atoms with van der Waals surface area (Å²) < 4.78 is 5.17. The molecule has 1 fully saturated rings. The van der Waals surface area contributed by atoms with Gasteiger partial charge in [0, 0.05) is 11.1 Å². The van der Waals surface area contributed by atoms with Crippen molar-refractivity contribution in [3.05, 3.63) is 23.8 Å². The molecule has 19 heavy (non-hydrogen) atoms. The third kappa shape index (κ3) is 3.07. The van der Waals surface area contributed by atoms with E-state index in [1.165, 1.54) is 0 Å². The number of amides is 1. The molecule has 1 aliphatic rings. The van der Waals surface area contributed by atoms with E-state index in [0.29, 0.717) is 0 Å². The molecule has 2 N–H and O–H groups in total. The van der Waals surface area contributed by atoms with E-state index in [2.05, 4.69) is 10.6 Å². The van der Waals surface area contributed by atoms with Crippen LogP contribution in [0.2, 0.25) is 0 Å². The third-order valence-electron chi connectivity index (χ3n) is 3.94. The molecule has 1 heterocycles. The van der Waals surface area contributed by atoms with E-state index in [0.717, 1.165) is 42.9 Å². The summed E-state index contributed by atoms with van der Waals surface area (Å²) in [5.41, 5.74) is 1.62. The average molecular weight is 262 g/mol. The molecule has 0 aromatic heterocycles. The molecule has 0 atom stereocenters. The molecule has 0 radical (unpaired) electrons. The monoisotopic (exact) mass is 262 g/mol. The number of aryl methyl sites for hydroxylation is 1. The smallest absolute Gasteiger partial charge is 0.230 e. The van der Waals surface area contributed by atoms with Crippen molar-refractivity contribution >= 4 is 11.6 Å². The Morgan fingerprint density at radius 1 is 1.37 bits per heavy atom. The molecule has 0 spiro atoms. The second kappa shape index (κ2) is 5.61. The maximum absolute atomic E-state index is 12.4. The van der Waals surface area contributed by atoms with Crippen molar-refractivity contribution < 1.29 is 9.53 Å². The maximum Gasteiger partial charge on any atom is 0.230 e. The highest BCUT2D eigenvalue weighted by Crippen LogP contribution is 2.30. The fourth-order valence-electron chi connectivity index (χ4n) is 2.38. The molecule has 0 bridgehead atoms. The van der Waals surface area contributed by atoms with E-state index in [1.54, 1.807) is 7.11 Å². The van der Waals surface area contributed by atoms with Crippen LogP contribution in [-0.2, 0) is 4.79 Å². The van der Waals surface area contributed by atoms with Crippen molar-refractivity contribution in [3.63, 3.8) is 0 Å². The minimum Gasteiger partial charge on any atom is -0.497 e. The highest BCUT2D eigenvalue weighted by molar-refractivity contribution is 5.95. The Bertz CT molecular complexity index is 465.